The molecule has 1 aliphatic heterocycles. The summed E-state index contributed by atoms with van der Waals surface area (Å²) < 4.78 is 0. The van der Waals surface area contributed by atoms with E-state index >= 15 is 0 Å². The molecule has 0 aliphatic carbocycles. The fourth-order valence-electron chi connectivity index (χ4n) is 5.12. The Bertz CT molecular complexity index is 342. The molecule has 0 spiro atoms. The van der Waals surface area contributed by atoms with Crippen LogP contribution in [0.5, 0.6) is 0 Å². The van der Waals surface area contributed by atoms with E-state index in [1.807, 2.05) is 0 Å². The molecule has 0 aromatic rings. The van der Waals surface area contributed by atoms with Gasteiger partial charge in [-0.2, -0.15) is 0 Å². The summed E-state index contributed by atoms with van der Waals surface area (Å²) in [5.41, 5.74) is 0.264. The lowest BCUT2D eigenvalue weighted by Crippen LogP contribution is -2.61. The normalized spacial score (nSPS) is 31.2. The minimum absolute atomic E-state index is 0.264. The standard InChI is InChI=1S/C22H45N/c1-11-18-13-14-19(15(3)4)20(12-2)23(21(18)16(5)6)22(9,10)17(7)8/h15-21H,11-14H2,1-10H3. The average Bonchev–Trinajstić information content (AvgIpc) is 2.63. The second-order valence-corrected chi connectivity index (χ2v) is 9.58. The predicted molar refractivity (Wildman–Crippen MR) is 105 cm³/mol. The molecular weight excluding hydrogens is 278 g/mol. The van der Waals surface area contributed by atoms with Crippen LogP contribution >= 0.6 is 0 Å². The molecule has 1 heterocycles. The second-order valence-electron chi connectivity index (χ2n) is 9.58. The molecule has 0 aromatic heterocycles. The SMILES string of the molecule is CCC1CCC(C(C)C)C(CC)N(C(C)(C)C(C)C)C1C(C)C. The van der Waals surface area contributed by atoms with E-state index in [0.717, 1.165) is 35.8 Å². The zero-order valence-electron chi connectivity index (χ0n) is 17.8. The van der Waals surface area contributed by atoms with Crippen LogP contribution in [-0.4, -0.2) is 22.5 Å². The maximum Gasteiger partial charge on any atom is 0.0182 e. The van der Waals surface area contributed by atoms with E-state index in [4.69, 9.17) is 0 Å². The third-order valence-electron chi connectivity index (χ3n) is 7.09. The van der Waals surface area contributed by atoms with Gasteiger partial charge in [-0.05, 0) is 62.7 Å². The number of likely N-dealkylation sites (tertiary alicyclic amines) is 1. The van der Waals surface area contributed by atoms with Crippen LogP contribution in [0.3, 0.4) is 0 Å². The van der Waals surface area contributed by atoms with Gasteiger partial charge in [-0.25, -0.2) is 0 Å². The molecule has 138 valence electrons. The van der Waals surface area contributed by atoms with Crippen molar-refractivity contribution in [3.8, 4) is 0 Å². The average molecular weight is 324 g/mol. The number of nitrogens with zero attached hydrogens (tertiary/aromatic N) is 1. The van der Waals surface area contributed by atoms with Crippen LogP contribution in [0.15, 0.2) is 0 Å². The molecule has 1 rings (SSSR count). The van der Waals surface area contributed by atoms with Crippen molar-refractivity contribution in [3.63, 3.8) is 0 Å². The van der Waals surface area contributed by atoms with Gasteiger partial charge in [0.2, 0.25) is 0 Å². The first-order valence-electron chi connectivity index (χ1n) is 10.4. The predicted octanol–water partition coefficient (Wildman–Crippen LogP) is 6.62. The Morgan fingerprint density at radius 3 is 1.78 bits per heavy atom. The maximum atomic E-state index is 3.01. The molecule has 0 saturated carbocycles. The van der Waals surface area contributed by atoms with Crippen LogP contribution in [0.4, 0.5) is 0 Å². The van der Waals surface area contributed by atoms with E-state index in [1.54, 1.807) is 0 Å². The fourth-order valence-corrected chi connectivity index (χ4v) is 5.12. The van der Waals surface area contributed by atoms with E-state index in [1.165, 1.54) is 25.7 Å². The van der Waals surface area contributed by atoms with Crippen molar-refractivity contribution in [2.75, 3.05) is 0 Å². The highest BCUT2D eigenvalue weighted by atomic mass is 15.3. The number of rotatable bonds is 6. The Kier molecular flexibility index (Phi) is 7.64. The summed E-state index contributed by atoms with van der Waals surface area (Å²) in [7, 11) is 0. The van der Waals surface area contributed by atoms with Crippen molar-refractivity contribution in [1.82, 2.24) is 4.90 Å². The van der Waals surface area contributed by atoms with Gasteiger partial charge in [-0.1, -0.05) is 61.8 Å². The molecule has 1 fully saturated rings. The van der Waals surface area contributed by atoms with Crippen molar-refractivity contribution >= 4 is 0 Å². The number of hydrogen-bond donors (Lipinski definition) is 0. The topological polar surface area (TPSA) is 3.24 Å². The molecule has 1 heteroatoms. The minimum atomic E-state index is 0.264. The Labute approximate surface area is 147 Å². The number of hydrogen-bond acceptors (Lipinski definition) is 1. The van der Waals surface area contributed by atoms with Crippen LogP contribution < -0.4 is 0 Å². The van der Waals surface area contributed by atoms with Crippen LogP contribution in [0.25, 0.3) is 0 Å². The first kappa shape index (κ1) is 21.0. The molecule has 0 N–H and O–H groups in total. The van der Waals surface area contributed by atoms with Gasteiger partial charge in [0.1, 0.15) is 0 Å². The third-order valence-corrected chi connectivity index (χ3v) is 7.09. The highest BCUT2D eigenvalue weighted by molar-refractivity contribution is 5.00. The summed E-state index contributed by atoms with van der Waals surface area (Å²) in [5.74, 6) is 3.90. The molecule has 1 nitrogen and oxygen atoms in total. The van der Waals surface area contributed by atoms with Gasteiger partial charge in [0, 0.05) is 17.6 Å². The first-order valence-corrected chi connectivity index (χ1v) is 10.4. The van der Waals surface area contributed by atoms with E-state index in [2.05, 4.69) is 74.1 Å². The lowest BCUT2D eigenvalue weighted by Gasteiger charge is -2.54. The van der Waals surface area contributed by atoms with Crippen LogP contribution in [-0.2, 0) is 0 Å². The van der Waals surface area contributed by atoms with E-state index in [0.29, 0.717) is 5.92 Å². The highest BCUT2D eigenvalue weighted by Gasteiger charge is 2.47. The molecule has 0 aromatic carbocycles. The molecule has 4 atom stereocenters. The summed E-state index contributed by atoms with van der Waals surface area (Å²) in [5, 5.41) is 0. The summed E-state index contributed by atoms with van der Waals surface area (Å²) in [4.78, 5) is 3.01. The summed E-state index contributed by atoms with van der Waals surface area (Å²) in [6, 6.07) is 1.46. The van der Waals surface area contributed by atoms with Gasteiger partial charge in [-0.15, -0.1) is 0 Å². The maximum absolute atomic E-state index is 3.01. The van der Waals surface area contributed by atoms with E-state index < -0.39 is 0 Å². The largest absolute Gasteiger partial charge is 0.291 e. The van der Waals surface area contributed by atoms with Crippen LogP contribution in [0.1, 0.15) is 94.9 Å². The van der Waals surface area contributed by atoms with Crippen molar-refractivity contribution in [3.05, 3.63) is 0 Å². The molecule has 0 radical (unpaired) electrons. The monoisotopic (exact) mass is 323 g/mol. The lowest BCUT2D eigenvalue weighted by atomic mass is 9.78. The molecule has 0 bridgehead atoms. The van der Waals surface area contributed by atoms with Gasteiger partial charge in [-0.3, -0.25) is 4.90 Å². The quantitative estimate of drug-likeness (QED) is 0.531. The zero-order chi connectivity index (χ0) is 17.9. The molecule has 4 unspecified atom stereocenters. The van der Waals surface area contributed by atoms with Gasteiger partial charge in [0.05, 0.1) is 0 Å². The summed E-state index contributed by atoms with van der Waals surface area (Å²) in [6.07, 6.45) is 5.46. The van der Waals surface area contributed by atoms with Crippen molar-refractivity contribution in [1.29, 1.82) is 0 Å². The zero-order valence-corrected chi connectivity index (χ0v) is 17.8. The summed E-state index contributed by atoms with van der Waals surface area (Å²) in [6.45, 7) is 24.5. The molecule has 0 amide bonds. The Hall–Kier alpha value is -0.0400. The second kappa shape index (κ2) is 8.37. The van der Waals surface area contributed by atoms with Gasteiger partial charge >= 0.3 is 0 Å². The first-order chi connectivity index (χ1) is 10.6. The van der Waals surface area contributed by atoms with Gasteiger partial charge < -0.3 is 0 Å². The Morgan fingerprint density at radius 1 is 0.870 bits per heavy atom. The minimum Gasteiger partial charge on any atom is -0.291 e. The molecular formula is C22H45N. The third kappa shape index (κ3) is 4.33. The van der Waals surface area contributed by atoms with Crippen LogP contribution in [0.2, 0.25) is 0 Å². The van der Waals surface area contributed by atoms with Crippen molar-refractivity contribution < 1.29 is 0 Å². The van der Waals surface area contributed by atoms with Crippen molar-refractivity contribution in [2.24, 2.45) is 29.6 Å². The van der Waals surface area contributed by atoms with Gasteiger partial charge in [0.25, 0.3) is 0 Å². The van der Waals surface area contributed by atoms with E-state index in [9.17, 15) is 0 Å². The van der Waals surface area contributed by atoms with E-state index in [-0.39, 0.29) is 5.54 Å². The van der Waals surface area contributed by atoms with Crippen molar-refractivity contribution in [2.45, 2.75) is 113 Å². The van der Waals surface area contributed by atoms with Crippen LogP contribution in [0, 0.1) is 29.6 Å². The smallest absolute Gasteiger partial charge is 0.0182 e. The summed E-state index contributed by atoms with van der Waals surface area (Å²) >= 11 is 0. The highest BCUT2D eigenvalue weighted by Crippen LogP contribution is 2.44. The molecule has 23 heavy (non-hydrogen) atoms. The molecule has 1 saturated heterocycles. The Morgan fingerprint density at radius 2 is 1.43 bits per heavy atom. The Balaban J connectivity index is 3.43. The fraction of sp³-hybridized carbons (Fsp3) is 1.00. The van der Waals surface area contributed by atoms with Gasteiger partial charge in [0.15, 0.2) is 0 Å². The molecule has 1 aliphatic rings. The lowest BCUT2D eigenvalue weighted by molar-refractivity contribution is -0.0571.